The van der Waals surface area contributed by atoms with E-state index in [1.54, 1.807) is 0 Å². The fourth-order valence-electron chi connectivity index (χ4n) is 1.21. The normalized spacial score (nSPS) is 10.2. The van der Waals surface area contributed by atoms with Gasteiger partial charge in [0.05, 0.1) is 5.56 Å². The third-order valence-electron chi connectivity index (χ3n) is 1.87. The summed E-state index contributed by atoms with van der Waals surface area (Å²) in [4.78, 5) is 0. The molecule has 0 N–H and O–H groups in total. The minimum atomic E-state index is -4.55. The molecule has 0 aromatic heterocycles. The molecule has 1 aromatic carbocycles. The predicted molar refractivity (Wildman–Crippen MR) is 58.3 cm³/mol. The molecule has 0 aliphatic carbocycles. The van der Waals surface area contributed by atoms with E-state index < -0.39 is 11.7 Å². The van der Waals surface area contributed by atoms with Gasteiger partial charge in [-0.15, -0.1) is 0 Å². The molecule has 1 aromatic rings. The van der Waals surface area contributed by atoms with Gasteiger partial charge in [-0.05, 0) is 17.7 Å². The Labute approximate surface area is 104 Å². The van der Waals surface area contributed by atoms with Crippen LogP contribution in [0.3, 0.4) is 0 Å². The van der Waals surface area contributed by atoms with Crippen molar-refractivity contribution in [1.82, 2.24) is 0 Å². The highest BCUT2D eigenvalue weighted by atomic mass is 79.9. The largest absolute Gasteiger partial charge is 0.418 e. The average Bonchev–Trinajstić information content (AvgIpc) is 2.24. The van der Waals surface area contributed by atoms with Gasteiger partial charge in [-0.3, -0.25) is 0 Å². The molecule has 0 bridgehead atoms. The van der Waals surface area contributed by atoms with Gasteiger partial charge in [-0.2, -0.15) is 23.7 Å². The van der Waals surface area contributed by atoms with E-state index in [-0.39, 0.29) is 15.6 Å². The number of hydrogen-bond donors (Lipinski definition) is 0. The first kappa shape index (κ1) is 13.3. The van der Waals surface area contributed by atoms with Crippen molar-refractivity contribution in [3.8, 4) is 12.1 Å². The predicted octanol–water partition coefficient (Wildman–Crippen LogP) is 3.90. The highest BCUT2D eigenvalue weighted by molar-refractivity contribution is 9.10. The van der Waals surface area contributed by atoms with Crippen LogP contribution in [-0.4, -0.2) is 0 Å². The summed E-state index contributed by atoms with van der Waals surface area (Å²) < 4.78 is 38.1. The maximum absolute atomic E-state index is 12.7. The Morgan fingerprint density at radius 1 is 1.24 bits per heavy atom. The molecule has 86 valence electrons. The monoisotopic (exact) mass is 300 g/mol. The third-order valence-corrected chi connectivity index (χ3v) is 2.53. The van der Waals surface area contributed by atoms with Crippen molar-refractivity contribution in [3.05, 3.63) is 39.4 Å². The molecule has 1 rings (SSSR count). The summed E-state index contributed by atoms with van der Waals surface area (Å²) in [5, 5.41) is 17.0. The van der Waals surface area contributed by atoms with E-state index in [2.05, 4.69) is 15.9 Å². The van der Waals surface area contributed by atoms with Crippen molar-refractivity contribution < 1.29 is 13.2 Å². The number of rotatable bonds is 1. The number of hydrogen-bond acceptors (Lipinski definition) is 2. The zero-order chi connectivity index (χ0) is 13.1. The van der Waals surface area contributed by atoms with Gasteiger partial charge in [0.25, 0.3) is 0 Å². The number of benzene rings is 1. The Morgan fingerprint density at radius 3 is 2.29 bits per heavy atom. The molecular formula is C11H4BrF3N2. The average molecular weight is 301 g/mol. The summed E-state index contributed by atoms with van der Waals surface area (Å²) >= 11 is 2.80. The Balaban J connectivity index is 3.48. The fourth-order valence-corrected chi connectivity index (χ4v) is 1.81. The molecule has 17 heavy (non-hydrogen) atoms. The van der Waals surface area contributed by atoms with Gasteiger partial charge in [-0.25, -0.2) is 0 Å². The van der Waals surface area contributed by atoms with Crippen LogP contribution in [0.2, 0.25) is 0 Å². The van der Waals surface area contributed by atoms with E-state index >= 15 is 0 Å². The second kappa shape index (κ2) is 5.03. The van der Waals surface area contributed by atoms with Crippen LogP contribution in [0.4, 0.5) is 13.2 Å². The number of nitrogens with zero attached hydrogens (tertiary/aromatic N) is 2. The van der Waals surface area contributed by atoms with E-state index in [9.17, 15) is 13.2 Å². The molecule has 0 spiro atoms. The van der Waals surface area contributed by atoms with E-state index in [1.807, 2.05) is 0 Å². The molecule has 0 fully saturated rings. The van der Waals surface area contributed by atoms with Gasteiger partial charge >= 0.3 is 6.18 Å². The summed E-state index contributed by atoms with van der Waals surface area (Å²) in [6.07, 6.45) is -3.64. The molecule has 0 saturated heterocycles. The molecule has 6 heteroatoms. The van der Waals surface area contributed by atoms with Crippen LogP contribution in [-0.2, 0) is 6.18 Å². The minimum absolute atomic E-state index is 0.131. The van der Waals surface area contributed by atoms with Crippen molar-refractivity contribution in [2.45, 2.75) is 6.18 Å². The van der Waals surface area contributed by atoms with E-state index in [1.165, 1.54) is 30.3 Å². The highest BCUT2D eigenvalue weighted by Gasteiger charge is 2.35. The summed E-state index contributed by atoms with van der Waals surface area (Å²) in [5.74, 6) is 0. The summed E-state index contributed by atoms with van der Waals surface area (Å²) in [6, 6.07) is 6.88. The maximum atomic E-state index is 12.7. The van der Waals surface area contributed by atoms with Crippen molar-refractivity contribution in [2.24, 2.45) is 0 Å². The Bertz CT molecular complexity index is 531. The van der Waals surface area contributed by atoms with Gasteiger partial charge in [-0.1, -0.05) is 28.1 Å². The lowest BCUT2D eigenvalue weighted by Gasteiger charge is -2.12. The molecule has 0 atom stereocenters. The van der Waals surface area contributed by atoms with Crippen molar-refractivity contribution in [3.63, 3.8) is 0 Å². The molecule has 0 unspecified atom stereocenters. The van der Waals surface area contributed by atoms with Crippen molar-refractivity contribution in [1.29, 1.82) is 10.5 Å². The van der Waals surface area contributed by atoms with Gasteiger partial charge < -0.3 is 0 Å². The molecule has 0 amide bonds. The van der Waals surface area contributed by atoms with Crippen LogP contribution in [0.5, 0.6) is 0 Å². The van der Waals surface area contributed by atoms with Crippen LogP contribution in [0.15, 0.2) is 28.2 Å². The topological polar surface area (TPSA) is 47.6 Å². The summed E-state index contributed by atoms with van der Waals surface area (Å²) in [5.41, 5.74) is -1.50. The Hall–Kier alpha value is -1.79. The second-order valence-electron chi connectivity index (χ2n) is 2.98. The maximum Gasteiger partial charge on any atom is 0.418 e. The van der Waals surface area contributed by atoms with Crippen LogP contribution in [0.25, 0.3) is 6.08 Å². The Kier molecular flexibility index (Phi) is 3.93. The second-order valence-corrected chi connectivity index (χ2v) is 3.84. The van der Waals surface area contributed by atoms with Gasteiger partial charge in [0.1, 0.15) is 17.7 Å². The molecular weight excluding hydrogens is 297 g/mol. The SMILES string of the molecule is N#CC(C#N)=Cc1cccc(Br)c1C(F)(F)F. The smallest absolute Gasteiger partial charge is 0.192 e. The lowest BCUT2D eigenvalue weighted by Crippen LogP contribution is -2.08. The number of alkyl halides is 3. The Morgan fingerprint density at radius 2 is 1.82 bits per heavy atom. The molecule has 2 nitrogen and oxygen atoms in total. The summed E-state index contributed by atoms with van der Waals surface area (Å²) in [7, 11) is 0. The lowest BCUT2D eigenvalue weighted by atomic mass is 10.0. The van der Waals surface area contributed by atoms with Gasteiger partial charge in [0, 0.05) is 4.47 Å². The molecule has 0 heterocycles. The number of allylic oxidation sites excluding steroid dienone is 1. The quantitative estimate of drug-likeness (QED) is 0.739. The first-order chi connectivity index (χ1) is 7.90. The molecule has 0 aliphatic rings. The standard InChI is InChI=1S/C11H4BrF3N2/c12-9-3-1-2-8(4-7(5-16)6-17)10(9)11(13,14)15/h1-4H. The zero-order valence-corrected chi connectivity index (χ0v) is 9.80. The first-order valence-corrected chi connectivity index (χ1v) is 5.07. The van der Waals surface area contributed by atoms with Gasteiger partial charge in [0.15, 0.2) is 0 Å². The molecule has 0 saturated carbocycles. The molecule has 0 radical (unpaired) electrons. The van der Waals surface area contributed by atoms with Crippen molar-refractivity contribution in [2.75, 3.05) is 0 Å². The van der Waals surface area contributed by atoms with E-state index in [0.29, 0.717) is 0 Å². The zero-order valence-electron chi connectivity index (χ0n) is 8.22. The van der Waals surface area contributed by atoms with Crippen molar-refractivity contribution >= 4 is 22.0 Å². The third kappa shape index (κ3) is 3.08. The first-order valence-electron chi connectivity index (χ1n) is 4.27. The van der Waals surface area contributed by atoms with E-state index in [0.717, 1.165) is 6.08 Å². The number of halogens is 4. The van der Waals surface area contributed by atoms with Crippen LogP contribution >= 0.6 is 15.9 Å². The lowest BCUT2D eigenvalue weighted by molar-refractivity contribution is -0.138. The number of nitriles is 2. The fraction of sp³-hybridized carbons (Fsp3) is 0.0909. The van der Waals surface area contributed by atoms with E-state index in [4.69, 9.17) is 10.5 Å². The van der Waals surface area contributed by atoms with Crippen LogP contribution in [0.1, 0.15) is 11.1 Å². The summed E-state index contributed by atoms with van der Waals surface area (Å²) in [6.45, 7) is 0. The van der Waals surface area contributed by atoms with Crippen LogP contribution in [0, 0.1) is 22.7 Å². The van der Waals surface area contributed by atoms with Gasteiger partial charge in [0.2, 0.25) is 0 Å². The molecule has 0 aliphatic heterocycles. The van der Waals surface area contributed by atoms with Crippen LogP contribution < -0.4 is 0 Å². The highest BCUT2D eigenvalue weighted by Crippen LogP contribution is 2.38. The minimum Gasteiger partial charge on any atom is -0.192 e.